The normalized spacial score (nSPS) is 11.5. The molecule has 2 aromatic rings. The summed E-state index contributed by atoms with van der Waals surface area (Å²) in [7, 11) is 0. The summed E-state index contributed by atoms with van der Waals surface area (Å²) in [5, 5.41) is 1.54. The highest BCUT2D eigenvalue weighted by atomic mass is 35.5. The van der Waals surface area contributed by atoms with Crippen LogP contribution in [0.15, 0.2) is 18.2 Å². The highest BCUT2D eigenvalue weighted by molar-refractivity contribution is 7.19. The minimum Gasteiger partial charge on any atom is -0.347 e. The molecule has 0 bridgehead atoms. The predicted molar refractivity (Wildman–Crippen MR) is 70.6 cm³/mol. The van der Waals surface area contributed by atoms with Gasteiger partial charge in [0.25, 0.3) is 0 Å². The molecule has 92 valence electrons. The SMILES string of the molecule is CCOC(OCC)c1nc2cccc(Cl)c2s1. The summed E-state index contributed by atoms with van der Waals surface area (Å²) >= 11 is 7.64. The van der Waals surface area contributed by atoms with Crippen molar-refractivity contribution in [2.45, 2.75) is 20.1 Å². The molecular weight excluding hydrogens is 258 g/mol. The van der Waals surface area contributed by atoms with Gasteiger partial charge in [-0.15, -0.1) is 11.3 Å². The van der Waals surface area contributed by atoms with Crippen molar-refractivity contribution in [3.8, 4) is 0 Å². The average Bonchev–Trinajstić information content (AvgIpc) is 2.74. The highest BCUT2D eigenvalue weighted by Gasteiger charge is 2.17. The van der Waals surface area contributed by atoms with E-state index in [1.165, 1.54) is 11.3 Å². The molecular formula is C12H14ClNO2S. The smallest absolute Gasteiger partial charge is 0.210 e. The van der Waals surface area contributed by atoms with Crippen molar-refractivity contribution in [3.05, 3.63) is 28.2 Å². The van der Waals surface area contributed by atoms with Gasteiger partial charge in [-0.05, 0) is 26.0 Å². The first kappa shape index (κ1) is 12.8. The summed E-state index contributed by atoms with van der Waals surface area (Å²) in [5.74, 6) is 0. The van der Waals surface area contributed by atoms with Crippen molar-refractivity contribution in [2.24, 2.45) is 0 Å². The van der Waals surface area contributed by atoms with E-state index in [-0.39, 0.29) is 0 Å². The number of benzene rings is 1. The van der Waals surface area contributed by atoms with Crippen LogP contribution in [0, 0.1) is 0 Å². The molecule has 0 saturated carbocycles. The van der Waals surface area contributed by atoms with Crippen molar-refractivity contribution in [1.29, 1.82) is 0 Å². The Morgan fingerprint density at radius 3 is 2.59 bits per heavy atom. The lowest BCUT2D eigenvalue weighted by molar-refractivity contribution is -0.140. The number of rotatable bonds is 5. The van der Waals surface area contributed by atoms with Crippen molar-refractivity contribution < 1.29 is 9.47 Å². The Kier molecular flexibility index (Phi) is 4.34. The summed E-state index contributed by atoms with van der Waals surface area (Å²) in [6.45, 7) is 5.06. The van der Waals surface area contributed by atoms with Crippen LogP contribution in [-0.4, -0.2) is 18.2 Å². The number of ether oxygens (including phenoxy) is 2. The molecule has 2 rings (SSSR count). The molecule has 5 heteroatoms. The molecule has 0 spiro atoms. The molecule has 0 unspecified atom stereocenters. The van der Waals surface area contributed by atoms with E-state index in [1.54, 1.807) is 0 Å². The maximum atomic E-state index is 6.12. The van der Waals surface area contributed by atoms with Crippen LogP contribution >= 0.6 is 22.9 Å². The number of nitrogens with zero attached hydrogens (tertiary/aromatic N) is 1. The van der Waals surface area contributed by atoms with E-state index in [2.05, 4.69) is 4.98 Å². The Morgan fingerprint density at radius 1 is 1.29 bits per heavy atom. The number of fused-ring (bicyclic) bond motifs is 1. The monoisotopic (exact) mass is 271 g/mol. The second-order valence-corrected chi connectivity index (χ2v) is 4.82. The number of hydrogen-bond donors (Lipinski definition) is 0. The first-order valence-corrected chi connectivity index (χ1v) is 6.73. The zero-order valence-corrected chi connectivity index (χ0v) is 11.3. The number of halogens is 1. The van der Waals surface area contributed by atoms with Crippen LogP contribution in [0.1, 0.15) is 25.1 Å². The second-order valence-electron chi connectivity index (χ2n) is 3.38. The molecule has 3 nitrogen and oxygen atoms in total. The van der Waals surface area contributed by atoms with Gasteiger partial charge in [0, 0.05) is 13.2 Å². The molecule has 0 aliphatic rings. The van der Waals surface area contributed by atoms with Crippen molar-refractivity contribution in [1.82, 2.24) is 4.98 Å². The lowest BCUT2D eigenvalue weighted by Crippen LogP contribution is -2.08. The summed E-state index contributed by atoms with van der Waals surface area (Å²) < 4.78 is 12.0. The fourth-order valence-electron chi connectivity index (χ4n) is 1.53. The Labute approximate surface area is 109 Å². The standard InChI is InChI=1S/C12H14ClNO2S/c1-3-15-12(16-4-2)11-14-9-7-5-6-8(13)10(9)17-11/h5-7,12H,3-4H2,1-2H3. The van der Waals surface area contributed by atoms with Crippen LogP contribution < -0.4 is 0 Å². The minimum absolute atomic E-state index is 0.390. The Morgan fingerprint density at radius 2 is 2.00 bits per heavy atom. The van der Waals surface area contributed by atoms with Gasteiger partial charge in [-0.3, -0.25) is 0 Å². The zero-order chi connectivity index (χ0) is 12.3. The van der Waals surface area contributed by atoms with Crippen LogP contribution in [0.5, 0.6) is 0 Å². The van der Waals surface area contributed by atoms with Gasteiger partial charge in [-0.2, -0.15) is 0 Å². The maximum Gasteiger partial charge on any atom is 0.210 e. The van der Waals surface area contributed by atoms with Crippen molar-refractivity contribution >= 4 is 33.2 Å². The number of thiazole rings is 1. The lowest BCUT2D eigenvalue weighted by Gasteiger charge is -2.13. The third-order valence-corrected chi connectivity index (χ3v) is 3.77. The third-order valence-electron chi connectivity index (χ3n) is 2.22. The molecule has 1 aromatic heterocycles. The second kappa shape index (κ2) is 5.78. The van der Waals surface area contributed by atoms with Gasteiger partial charge in [0.05, 0.1) is 15.2 Å². The van der Waals surface area contributed by atoms with E-state index < -0.39 is 6.29 Å². The first-order chi connectivity index (χ1) is 8.26. The molecule has 1 aromatic carbocycles. The van der Waals surface area contributed by atoms with Gasteiger partial charge in [0.15, 0.2) is 5.01 Å². The molecule has 0 saturated heterocycles. The molecule has 17 heavy (non-hydrogen) atoms. The summed E-state index contributed by atoms with van der Waals surface area (Å²) in [5.41, 5.74) is 0.891. The fraction of sp³-hybridized carbons (Fsp3) is 0.417. The predicted octanol–water partition coefficient (Wildman–Crippen LogP) is 4.02. The summed E-state index contributed by atoms with van der Waals surface area (Å²) in [6.07, 6.45) is -0.390. The fourth-order valence-corrected chi connectivity index (χ4v) is 2.78. The van der Waals surface area contributed by atoms with E-state index in [0.717, 1.165) is 20.2 Å². The molecule has 0 fully saturated rings. The third kappa shape index (κ3) is 2.77. The van der Waals surface area contributed by atoms with E-state index in [9.17, 15) is 0 Å². The van der Waals surface area contributed by atoms with Gasteiger partial charge in [-0.1, -0.05) is 17.7 Å². The van der Waals surface area contributed by atoms with Crippen LogP contribution in [0.4, 0.5) is 0 Å². The first-order valence-electron chi connectivity index (χ1n) is 5.54. The lowest BCUT2D eigenvalue weighted by atomic mass is 10.3. The largest absolute Gasteiger partial charge is 0.347 e. The van der Waals surface area contributed by atoms with Crippen molar-refractivity contribution in [2.75, 3.05) is 13.2 Å². The van der Waals surface area contributed by atoms with Crippen molar-refractivity contribution in [3.63, 3.8) is 0 Å². The molecule has 0 aliphatic carbocycles. The molecule has 0 aliphatic heterocycles. The quantitative estimate of drug-likeness (QED) is 0.770. The van der Waals surface area contributed by atoms with Crippen LogP contribution in [0.3, 0.4) is 0 Å². The van der Waals surface area contributed by atoms with Gasteiger partial charge >= 0.3 is 0 Å². The minimum atomic E-state index is -0.390. The molecule has 0 amide bonds. The average molecular weight is 272 g/mol. The van der Waals surface area contributed by atoms with Gasteiger partial charge < -0.3 is 9.47 Å². The van der Waals surface area contributed by atoms with Crippen LogP contribution in [0.2, 0.25) is 5.02 Å². The van der Waals surface area contributed by atoms with Gasteiger partial charge in [-0.25, -0.2) is 4.98 Å². The Balaban J connectivity index is 2.36. The zero-order valence-electron chi connectivity index (χ0n) is 9.77. The Bertz CT molecular complexity index is 494. The molecule has 1 heterocycles. The molecule has 0 atom stereocenters. The molecule has 0 radical (unpaired) electrons. The summed E-state index contributed by atoms with van der Waals surface area (Å²) in [6, 6.07) is 5.70. The Hall–Kier alpha value is -0.680. The maximum absolute atomic E-state index is 6.12. The topological polar surface area (TPSA) is 31.4 Å². The highest BCUT2D eigenvalue weighted by Crippen LogP contribution is 2.33. The van der Waals surface area contributed by atoms with E-state index in [4.69, 9.17) is 21.1 Å². The number of aromatic nitrogens is 1. The van der Waals surface area contributed by atoms with Crippen LogP contribution in [0.25, 0.3) is 10.2 Å². The van der Waals surface area contributed by atoms with E-state index in [0.29, 0.717) is 13.2 Å². The van der Waals surface area contributed by atoms with Gasteiger partial charge in [0.2, 0.25) is 6.29 Å². The van der Waals surface area contributed by atoms with Crippen LogP contribution in [-0.2, 0) is 9.47 Å². The molecule has 0 N–H and O–H groups in total. The van der Waals surface area contributed by atoms with Gasteiger partial charge in [0.1, 0.15) is 0 Å². The van der Waals surface area contributed by atoms with E-state index >= 15 is 0 Å². The number of hydrogen-bond acceptors (Lipinski definition) is 4. The summed E-state index contributed by atoms with van der Waals surface area (Å²) in [4.78, 5) is 4.50. The van der Waals surface area contributed by atoms with E-state index in [1.807, 2.05) is 32.0 Å².